The van der Waals surface area contributed by atoms with Gasteiger partial charge in [0.05, 0.1) is 25.4 Å². The Labute approximate surface area is 167 Å². The SMILES string of the molecule is CCn1cc(C(=O)Nc2ccc(OC)cc2OC)c(=O)c2ccc(Cl)c(C)c21. The minimum Gasteiger partial charge on any atom is -0.497 e. The maximum absolute atomic E-state index is 13.0. The minimum atomic E-state index is -0.509. The highest BCUT2D eigenvalue weighted by atomic mass is 35.5. The van der Waals surface area contributed by atoms with E-state index < -0.39 is 5.91 Å². The lowest BCUT2D eigenvalue weighted by Crippen LogP contribution is -2.24. The Kier molecular flexibility index (Phi) is 5.61. The molecule has 1 amide bonds. The number of hydrogen-bond acceptors (Lipinski definition) is 4. The summed E-state index contributed by atoms with van der Waals surface area (Å²) in [5, 5.41) is 3.79. The molecule has 0 saturated carbocycles. The third-order valence-electron chi connectivity index (χ3n) is 4.67. The molecule has 0 unspecified atom stereocenters. The number of carbonyl (C=O) groups excluding carboxylic acids is 1. The molecule has 1 aromatic heterocycles. The number of pyridine rings is 1. The number of fused-ring (bicyclic) bond motifs is 1. The van der Waals surface area contributed by atoms with Gasteiger partial charge in [-0.15, -0.1) is 0 Å². The van der Waals surface area contributed by atoms with Crippen molar-refractivity contribution in [2.24, 2.45) is 0 Å². The third kappa shape index (κ3) is 3.43. The third-order valence-corrected chi connectivity index (χ3v) is 5.08. The monoisotopic (exact) mass is 400 g/mol. The molecule has 0 aliphatic carbocycles. The van der Waals surface area contributed by atoms with E-state index in [2.05, 4.69) is 5.32 Å². The summed E-state index contributed by atoms with van der Waals surface area (Å²) in [5.74, 6) is 0.526. The molecule has 3 rings (SSSR count). The van der Waals surface area contributed by atoms with Gasteiger partial charge in [0.25, 0.3) is 5.91 Å². The molecule has 0 fully saturated rings. The molecule has 146 valence electrons. The molecule has 0 aliphatic rings. The van der Waals surface area contributed by atoms with Gasteiger partial charge in [-0.25, -0.2) is 0 Å². The standard InChI is InChI=1S/C21H21ClN2O4/c1-5-24-11-15(20(25)14-7-8-16(22)12(2)19(14)24)21(26)23-17-9-6-13(27-3)10-18(17)28-4/h6-11H,5H2,1-4H3,(H,23,26). The van der Waals surface area contributed by atoms with E-state index in [-0.39, 0.29) is 11.0 Å². The molecule has 7 heteroatoms. The summed E-state index contributed by atoms with van der Waals surface area (Å²) in [6.07, 6.45) is 1.57. The number of aromatic nitrogens is 1. The highest BCUT2D eigenvalue weighted by Crippen LogP contribution is 2.29. The van der Waals surface area contributed by atoms with Gasteiger partial charge in [-0.3, -0.25) is 9.59 Å². The zero-order valence-corrected chi connectivity index (χ0v) is 16.9. The van der Waals surface area contributed by atoms with Gasteiger partial charge in [-0.05, 0) is 43.7 Å². The van der Waals surface area contributed by atoms with Gasteiger partial charge in [0.1, 0.15) is 17.1 Å². The fourth-order valence-corrected chi connectivity index (χ4v) is 3.31. The lowest BCUT2D eigenvalue weighted by molar-refractivity contribution is 0.102. The molecule has 2 aromatic carbocycles. The summed E-state index contributed by atoms with van der Waals surface area (Å²) in [5.41, 5.74) is 1.70. The van der Waals surface area contributed by atoms with Crippen molar-refractivity contribution in [3.05, 3.63) is 62.9 Å². The summed E-state index contributed by atoms with van der Waals surface area (Å²) >= 11 is 6.22. The van der Waals surface area contributed by atoms with Crippen molar-refractivity contribution >= 4 is 34.1 Å². The van der Waals surface area contributed by atoms with E-state index >= 15 is 0 Å². The summed E-state index contributed by atoms with van der Waals surface area (Å²) in [7, 11) is 3.04. The lowest BCUT2D eigenvalue weighted by atomic mass is 10.1. The van der Waals surface area contributed by atoms with Gasteiger partial charge in [0.2, 0.25) is 5.43 Å². The summed E-state index contributed by atoms with van der Waals surface area (Å²) in [4.78, 5) is 25.9. The van der Waals surface area contributed by atoms with Crippen LogP contribution in [0.5, 0.6) is 11.5 Å². The van der Waals surface area contributed by atoms with Gasteiger partial charge in [-0.1, -0.05) is 11.6 Å². The first-order chi connectivity index (χ1) is 13.4. The average molecular weight is 401 g/mol. The normalized spacial score (nSPS) is 10.8. The zero-order valence-electron chi connectivity index (χ0n) is 16.1. The molecule has 0 radical (unpaired) electrons. The first-order valence-corrected chi connectivity index (χ1v) is 9.14. The van der Waals surface area contributed by atoms with E-state index in [0.29, 0.717) is 34.1 Å². The van der Waals surface area contributed by atoms with Gasteiger partial charge in [0, 0.05) is 29.2 Å². The Morgan fingerprint density at radius 1 is 1.18 bits per heavy atom. The fraction of sp³-hybridized carbons (Fsp3) is 0.238. The number of benzene rings is 2. The molecule has 1 N–H and O–H groups in total. The summed E-state index contributed by atoms with van der Waals surface area (Å²) in [6, 6.07) is 8.36. The Bertz CT molecular complexity index is 1120. The second-order valence-electron chi connectivity index (χ2n) is 6.25. The molecular formula is C21H21ClN2O4. The fourth-order valence-electron chi connectivity index (χ4n) is 3.16. The van der Waals surface area contributed by atoms with Crippen LogP contribution in [-0.2, 0) is 6.54 Å². The second-order valence-corrected chi connectivity index (χ2v) is 6.65. The highest BCUT2D eigenvalue weighted by molar-refractivity contribution is 6.32. The van der Waals surface area contributed by atoms with Crippen molar-refractivity contribution in [1.29, 1.82) is 0 Å². The first kappa shape index (κ1) is 19.8. The smallest absolute Gasteiger partial charge is 0.261 e. The predicted octanol–water partition coefficient (Wildman–Crippen LogP) is 4.25. The average Bonchev–Trinajstić information content (AvgIpc) is 2.71. The predicted molar refractivity (Wildman–Crippen MR) is 111 cm³/mol. The number of carbonyl (C=O) groups is 1. The van der Waals surface area contributed by atoms with Crippen molar-refractivity contribution in [3.63, 3.8) is 0 Å². The van der Waals surface area contributed by atoms with Crippen molar-refractivity contribution in [3.8, 4) is 11.5 Å². The van der Waals surface area contributed by atoms with E-state index in [9.17, 15) is 9.59 Å². The molecule has 3 aromatic rings. The molecule has 0 bridgehead atoms. The van der Waals surface area contributed by atoms with Crippen LogP contribution in [0.25, 0.3) is 10.9 Å². The Hall–Kier alpha value is -2.99. The lowest BCUT2D eigenvalue weighted by Gasteiger charge is -2.15. The van der Waals surface area contributed by atoms with Crippen LogP contribution in [-0.4, -0.2) is 24.7 Å². The highest BCUT2D eigenvalue weighted by Gasteiger charge is 2.18. The Morgan fingerprint density at radius 2 is 1.93 bits per heavy atom. The second kappa shape index (κ2) is 7.94. The summed E-state index contributed by atoms with van der Waals surface area (Å²) in [6.45, 7) is 4.39. The van der Waals surface area contributed by atoms with Gasteiger partial charge < -0.3 is 19.4 Å². The van der Waals surface area contributed by atoms with Crippen LogP contribution < -0.4 is 20.2 Å². The van der Waals surface area contributed by atoms with Gasteiger partial charge in [-0.2, -0.15) is 0 Å². The van der Waals surface area contributed by atoms with Gasteiger partial charge >= 0.3 is 0 Å². The largest absolute Gasteiger partial charge is 0.497 e. The van der Waals surface area contributed by atoms with Crippen molar-refractivity contribution < 1.29 is 14.3 Å². The van der Waals surface area contributed by atoms with Crippen LogP contribution in [0.1, 0.15) is 22.8 Å². The topological polar surface area (TPSA) is 69.6 Å². The van der Waals surface area contributed by atoms with Crippen LogP contribution >= 0.6 is 11.6 Å². The number of amides is 1. The van der Waals surface area contributed by atoms with Crippen LogP contribution in [0.3, 0.4) is 0 Å². The number of methoxy groups -OCH3 is 2. The first-order valence-electron chi connectivity index (χ1n) is 8.76. The van der Waals surface area contributed by atoms with Gasteiger partial charge in [0.15, 0.2) is 0 Å². The number of aryl methyl sites for hydroxylation is 2. The number of hydrogen-bond donors (Lipinski definition) is 1. The number of nitrogens with one attached hydrogen (secondary N) is 1. The molecule has 0 atom stereocenters. The summed E-state index contributed by atoms with van der Waals surface area (Å²) < 4.78 is 12.3. The molecule has 0 spiro atoms. The molecule has 6 nitrogen and oxygen atoms in total. The Balaban J connectivity index is 2.09. The molecule has 0 aliphatic heterocycles. The minimum absolute atomic E-state index is 0.0499. The van der Waals surface area contributed by atoms with Crippen LogP contribution in [0.4, 0.5) is 5.69 Å². The number of anilines is 1. The number of rotatable bonds is 5. The number of ether oxygens (including phenoxy) is 2. The van der Waals surface area contributed by atoms with Crippen molar-refractivity contribution in [2.75, 3.05) is 19.5 Å². The zero-order chi connectivity index (χ0) is 20.4. The number of nitrogens with zero attached hydrogens (tertiary/aromatic N) is 1. The van der Waals surface area contributed by atoms with Crippen LogP contribution in [0.2, 0.25) is 5.02 Å². The molecule has 1 heterocycles. The van der Waals surface area contributed by atoms with E-state index in [0.717, 1.165) is 11.1 Å². The quantitative estimate of drug-likeness (QED) is 0.695. The molecule has 0 saturated heterocycles. The van der Waals surface area contributed by atoms with E-state index in [1.807, 2.05) is 18.4 Å². The van der Waals surface area contributed by atoms with Crippen molar-refractivity contribution in [2.45, 2.75) is 20.4 Å². The van der Waals surface area contributed by atoms with E-state index in [1.54, 1.807) is 43.6 Å². The maximum Gasteiger partial charge on any atom is 0.261 e. The van der Waals surface area contributed by atoms with Crippen LogP contribution in [0.15, 0.2) is 41.3 Å². The number of halogens is 1. The van der Waals surface area contributed by atoms with Crippen molar-refractivity contribution in [1.82, 2.24) is 4.57 Å². The van der Waals surface area contributed by atoms with Crippen LogP contribution in [0, 0.1) is 6.92 Å². The molecule has 28 heavy (non-hydrogen) atoms. The Morgan fingerprint density at radius 3 is 2.57 bits per heavy atom. The van der Waals surface area contributed by atoms with E-state index in [4.69, 9.17) is 21.1 Å². The molecular weight excluding hydrogens is 380 g/mol. The van der Waals surface area contributed by atoms with E-state index in [1.165, 1.54) is 7.11 Å². The maximum atomic E-state index is 13.0.